The third-order valence-electron chi connectivity index (χ3n) is 11.5. The largest absolute Gasteiger partial charge is 0.455 e. The van der Waals surface area contributed by atoms with Crippen molar-refractivity contribution in [3.63, 3.8) is 0 Å². The molecule has 0 unspecified atom stereocenters. The van der Waals surface area contributed by atoms with E-state index < -0.39 is 82.1 Å². The molecule has 0 heterocycles. The molecule has 3 N–H and O–H groups in total. The van der Waals surface area contributed by atoms with Crippen LogP contribution in [0.25, 0.3) is 6.08 Å². The SMILES string of the molecule is CCCCCCCCC(=O)O[C@@]12[C@H](OC(=O)/C=C/c3ccc(F)cc3)[C@@H](C)[C@@]3(O)[C@@H](C=C(CO)C[C@]4(O)C(=O)C(C)=C[C@@H]34)[C@@H]1C2(C)C. The molecule has 0 aliphatic heterocycles. The fourth-order valence-corrected chi connectivity index (χ4v) is 9.02. The van der Waals surface area contributed by atoms with Gasteiger partial charge in [-0.15, -0.1) is 0 Å². The monoisotopic (exact) mass is 652 g/mol. The number of aliphatic hydroxyl groups excluding tert-OH is 1. The van der Waals surface area contributed by atoms with Crippen LogP contribution in [0.3, 0.4) is 0 Å². The van der Waals surface area contributed by atoms with Crippen molar-refractivity contribution in [2.24, 2.45) is 29.1 Å². The van der Waals surface area contributed by atoms with Gasteiger partial charge in [-0.3, -0.25) is 9.59 Å². The van der Waals surface area contributed by atoms with E-state index in [4.69, 9.17) is 9.47 Å². The Kier molecular flexibility index (Phi) is 9.77. The highest BCUT2D eigenvalue weighted by Gasteiger charge is 2.87. The zero-order valence-electron chi connectivity index (χ0n) is 28.1. The first-order valence-electron chi connectivity index (χ1n) is 17.0. The summed E-state index contributed by atoms with van der Waals surface area (Å²) in [7, 11) is 0. The van der Waals surface area contributed by atoms with Gasteiger partial charge < -0.3 is 24.8 Å². The van der Waals surface area contributed by atoms with E-state index >= 15 is 0 Å². The summed E-state index contributed by atoms with van der Waals surface area (Å²) in [6, 6.07) is 5.59. The Labute approximate surface area is 276 Å². The third-order valence-corrected chi connectivity index (χ3v) is 11.5. The lowest BCUT2D eigenvalue weighted by atomic mass is 9.59. The molecule has 2 saturated carbocycles. The summed E-state index contributed by atoms with van der Waals surface area (Å²) >= 11 is 0. The molecule has 47 heavy (non-hydrogen) atoms. The molecular formula is C38H49FO8. The Hall–Kier alpha value is -3.14. The number of fused-ring (bicyclic) bond motifs is 5. The van der Waals surface area contributed by atoms with E-state index in [-0.39, 0.29) is 12.8 Å². The lowest BCUT2D eigenvalue weighted by Gasteiger charge is -2.53. The number of ketones is 1. The Morgan fingerprint density at radius 1 is 1.04 bits per heavy atom. The number of halogens is 1. The maximum atomic E-state index is 13.5. The number of aliphatic hydroxyl groups is 3. The molecular weight excluding hydrogens is 603 g/mol. The number of rotatable bonds is 12. The number of Topliss-reactive ketones (excluding diaryl/α,β-unsaturated/α-hetero) is 1. The number of ether oxygens (including phenoxy) is 2. The van der Waals surface area contributed by atoms with Crippen molar-refractivity contribution in [3.05, 3.63) is 65.0 Å². The van der Waals surface area contributed by atoms with Crippen molar-refractivity contribution in [1.82, 2.24) is 0 Å². The fraction of sp³-hybridized carbons (Fsp3) is 0.605. The third kappa shape index (κ3) is 5.82. The first-order chi connectivity index (χ1) is 22.2. The minimum atomic E-state index is -2.00. The smallest absolute Gasteiger partial charge is 0.331 e. The fourth-order valence-electron chi connectivity index (χ4n) is 9.02. The number of carbonyl (C=O) groups is 3. The number of esters is 2. The van der Waals surface area contributed by atoms with Gasteiger partial charge in [0.1, 0.15) is 17.5 Å². The molecule has 9 heteroatoms. The van der Waals surface area contributed by atoms with Crippen LogP contribution < -0.4 is 0 Å². The lowest BCUT2D eigenvalue weighted by Crippen LogP contribution is -2.66. The Bertz CT molecular complexity index is 1480. The normalized spacial score (nSPS) is 35.3. The molecule has 8 atom stereocenters. The molecule has 4 aliphatic rings. The van der Waals surface area contributed by atoms with Crippen LogP contribution in [0.4, 0.5) is 4.39 Å². The van der Waals surface area contributed by atoms with Gasteiger partial charge in [-0.05, 0) is 48.3 Å². The van der Waals surface area contributed by atoms with Crippen molar-refractivity contribution in [3.8, 4) is 0 Å². The summed E-state index contributed by atoms with van der Waals surface area (Å²) in [6.45, 7) is 8.84. The van der Waals surface area contributed by atoms with Gasteiger partial charge in [-0.25, -0.2) is 9.18 Å². The molecule has 5 rings (SSSR count). The van der Waals surface area contributed by atoms with Crippen molar-refractivity contribution in [1.29, 1.82) is 0 Å². The average molecular weight is 653 g/mol. The summed E-state index contributed by atoms with van der Waals surface area (Å²) in [5.41, 5.74) is -4.62. The molecule has 1 aromatic rings. The van der Waals surface area contributed by atoms with E-state index in [0.717, 1.165) is 32.1 Å². The van der Waals surface area contributed by atoms with Crippen LogP contribution in [0.5, 0.6) is 0 Å². The highest BCUT2D eigenvalue weighted by Crippen LogP contribution is 2.77. The predicted molar refractivity (Wildman–Crippen MR) is 174 cm³/mol. The number of hydrogen-bond donors (Lipinski definition) is 3. The summed E-state index contributed by atoms with van der Waals surface area (Å²) in [5, 5.41) is 35.1. The zero-order valence-corrected chi connectivity index (χ0v) is 28.1. The molecule has 0 bridgehead atoms. The van der Waals surface area contributed by atoms with Crippen LogP contribution in [0, 0.1) is 34.9 Å². The van der Waals surface area contributed by atoms with Crippen molar-refractivity contribution < 1.29 is 43.6 Å². The van der Waals surface area contributed by atoms with Crippen molar-refractivity contribution in [2.75, 3.05) is 6.61 Å². The summed E-state index contributed by atoms with van der Waals surface area (Å²) in [5.74, 6) is -5.37. The zero-order chi connectivity index (χ0) is 34.4. The van der Waals surface area contributed by atoms with E-state index in [1.54, 1.807) is 26.0 Å². The number of carbonyl (C=O) groups excluding carboxylic acids is 3. The minimum absolute atomic E-state index is 0.158. The Morgan fingerprint density at radius 2 is 1.70 bits per heavy atom. The van der Waals surface area contributed by atoms with Crippen LogP contribution >= 0.6 is 0 Å². The van der Waals surface area contributed by atoms with Gasteiger partial charge in [-0.2, -0.15) is 0 Å². The van der Waals surface area contributed by atoms with E-state index in [1.807, 2.05) is 13.8 Å². The molecule has 0 aromatic heterocycles. The topological polar surface area (TPSA) is 130 Å². The molecule has 0 radical (unpaired) electrons. The first-order valence-corrected chi connectivity index (χ1v) is 17.0. The molecule has 0 amide bonds. The second kappa shape index (κ2) is 13.1. The minimum Gasteiger partial charge on any atom is -0.455 e. The van der Waals surface area contributed by atoms with Crippen molar-refractivity contribution >= 4 is 23.8 Å². The molecule has 8 nitrogen and oxygen atoms in total. The number of unbranched alkanes of at least 4 members (excludes halogenated alkanes) is 5. The van der Waals surface area contributed by atoms with Crippen LogP contribution in [-0.2, 0) is 23.9 Å². The van der Waals surface area contributed by atoms with E-state index in [0.29, 0.717) is 23.1 Å². The van der Waals surface area contributed by atoms with Gasteiger partial charge in [0.2, 0.25) is 0 Å². The summed E-state index contributed by atoms with van der Waals surface area (Å²) in [4.78, 5) is 40.4. The van der Waals surface area contributed by atoms with Gasteiger partial charge in [0, 0.05) is 48.0 Å². The van der Waals surface area contributed by atoms with E-state index in [9.17, 15) is 34.1 Å². The lowest BCUT2D eigenvalue weighted by molar-refractivity contribution is -0.227. The van der Waals surface area contributed by atoms with E-state index in [2.05, 4.69) is 6.92 Å². The van der Waals surface area contributed by atoms with Crippen LogP contribution in [0.15, 0.2) is 53.6 Å². The Morgan fingerprint density at radius 3 is 2.36 bits per heavy atom. The Balaban J connectivity index is 1.53. The average Bonchev–Trinajstić information content (AvgIpc) is 3.46. The highest BCUT2D eigenvalue weighted by molar-refractivity contribution is 6.04. The van der Waals surface area contributed by atoms with Gasteiger partial charge in [-0.1, -0.05) is 84.1 Å². The van der Waals surface area contributed by atoms with Crippen LogP contribution in [0.2, 0.25) is 0 Å². The maximum absolute atomic E-state index is 13.5. The first kappa shape index (κ1) is 35.2. The molecule has 4 aliphatic carbocycles. The van der Waals surface area contributed by atoms with Crippen LogP contribution in [-0.4, -0.2) is 62.6 Å². The van der Waals surface area contributed by atoms with Crippen LogP contribution in [0.1, 0.15) is 91.5 Å². The highest BCUT2D eigenvalue weighted by atomic mass is 19.1. The standard InChI is InChI=1S/C38H49FO8/c1-6-7-8-9-10-11-12-31(42)47-38-32(35(38,4)5)28-20-26(22-40)21-36(44)29(19-23(2)33(36)43)37(28,45)24(3)34(38)46-30(41)18-15-25-13-16-27(39)17-14-25/h13-20,24,28-29,32,34,40,44-45H,6-12,21-22H2,1-5H3/b18-15+/t24-,28+,29-,32-,34-,36-,37-,38-/m1/s1. The van der Waals surface area contributed by atoms with E-state index in [1.165, 1.54) is 36.4 Å². The van der Waals surface area contributed by atoms with Gasteiger partial charge in [0.05, 0.1) is 12.2 Å². The molecule has 1 aromatic carbocycles. The van der Waals surface area contributed by atoms with Gasteiger partial charge in [0.15, 0.2) is 11.4 Å². The van der Waals surface area contributed by atoms with Gasteiger partial charge in [0.25, 0.3) is 0 Å². The quantitative estimate of drug-likeness (QED) is 0.115. The second-order valence-electron chi connectivity index (χ2n) is 14.7. The molecule has 2 fully saturated rings. The molecule has 0 spiro atoms. The second-order valence-corrected chi connectivity index (χ2v) is 14.7. The van der Waals surface area contributed by atoms with Gasteiger partial charge >= 0.3 is 11.9 Å². The maximum Gasteiger partial charge on any atom is 0.331 e. The molecule has 256 valence electrons. The number of hydrogen-bond acceptors (Lipinski definition) is 8. The predicted octanol–water partition coefficient (Wildman–Crippen LogP) is 5.64. The summed E-state index contributed by atoms with van der Waals surface area (Å²) < 4.78 is 26.0. The summed E-state index contributed by atoms with van der Waals surface area (Å²) in [6.07, 6.45) is 10.9. The molecule has 0 saturated heterocycles. The number of benzene rings is 1. The van der Waals surface area contributed by atoms with Crippen molar-refractivity contribution in [2.45, 2.75) is 109 Å².